The predicted molar refractivity (Wildman–Crippen MR) is 94.8 cm³/mol. The minimum Gasteiger partial charge on any atom is -0.369 e. The Kier molecular flexibility index (Phi) is 5.91. The number of aliphatic hydroxyl groups is 1. The lowest BCUT2D eigenvalue weighted by Gasteiger charge is -2.35. The molecule has 0 aromatic heterocycles. The van der Waals surface area contributed by atoms with Gasteiger partial charge < -0.3 is 5.11 Å². The van der Waals surface area contributed by atoms with Gasteiger partial charge in [0.2, 0.25) is 0 Å². The summed E-state index contributed by atoms with van der Waals surface area (Å²) >= 11 is 0. The lowest BCUT2D eigenvalue weighted by Crippen LogP contribution is -2.53. The van der Waals surface area contributed by atoms with E-state index in [1.807, 2.05) is 0 Å². The summed E-state index contributed by atoms with van der Waals surface area (Å²) in [6, 6.07) is 9.00. The van der Waals surface area contributed by atoms with Crippen molar-refractivity contribution in [2.75, 3.05) is 0 Å². The average Bonchev–Trinajstić information content (AvgIpc) is 2.65. The molecule has 8 heteroatoms. The van der Waals surface area contributed by atoms with Gasteiger partial charge in [-0.05, 0) is 29.2 Å². The number of benzene rings is 2. The fourth-order valence-electron chi connectivity index (χ4n) is 3.20. The standard InChI is InChI=1S/C21H19F7O/c1-4-18(3,15-9-11-17(22)12-10-15)13(2)14-5-7-16(8-6-14)19(29,20(23,24)25)21(26,27)28/h4-13,29H,1H2,2-3H3/t13-,18+/m0/s1. The Balaban J connectivity index is 2.47. The van der Waals surface area contributed by atoms with Crippen molar-refractivity contribution in [3.63, 3.8) is 0 Å². The molecule has 0 amide bonds. The summed E-state index contributed by atoms with van der Waals surface area (Å²) in [5.41, 5.74) is -5.98. The van der Waals surface area contributed by atoms with Crippen LogP contribution in [0.2, 0.25) is 0 Å². The second-order valence-electron chi connectivity index (χ2n) is 7.04. The van der Waals surface area contributed by atoms with Crippen LogP contribution in [0.4, 0.5) is 30.7 Å². The van der Waals surface area contributed by atoms with Crippen molar-refractivity contribution >= 4 is 0 Å². The molecule has 0 aliphatic heterocycles. The van der Waals surface area contributed by atoms with E-state index < -0.39 is 40.7 Å². The first-order chi connectivity index (χ1) is 13.2. The molecule has 0 heterocycles. The van der Waals surface area contributed by atoms with E-state index in [4.69, 9.17) is 0 Å². The molecule has 2 atom stereocenters. The molecule has 29 heavy (non-hydrogen) atoms. The highest BCUT2D eigenvalue weighted by Gasteiger charge is 2.71. The van der Waals surface area contributed by atoms with Crippen LogP contribution in [-0.4, -0.2) is 17.5 Å². The van der Waals surface area contributed by atoms with Crippen LogP contribution in [0.15, 0.2) is 61.2 Å². The Morgan fingerprint density at radius 2 is 1.24 bits per heavy atom. The van der Waals surface area contributed by atoms with E-state index in [9.17, 15) is 35.8 Å². The monoisotopic (exact) mass is 420 g/mol. The van der Waals surface area contributed by atoms with Gasteiger partial charge in [-0.15, -0.1) is 6.58 Å². The van der Waals surface area contributed by atoms with E-state index in [1.54, 1.807) is 19.9 Å². The van der Waals surface area contributed by atoms with Crippen molar-refractivity contribution in [3.8, 4) is 0 Å². The summed E-state index contributed by atoms with van der Waals surface area (Å²) in [5, 5.41) is 9.49. The van der Waals surface area contributed by atoms with Gasteiger partial charge in [0, 0.05) is 11.0 Å². The zero-order chi connectivity index (χ0) is 22.3. The fraction of sp³-hybridized carbons (Fsp3) is 0.333. The summed E-state index contributed by atoms with van der Waals surface area (Å²) in [7, 11) is 0. The molecule has 0 saturated carbocycles. The maximum absolute atomic E-state index is 13.2. The molecule has 2 aromatic carbocycles. The third-order valence-electron chi connectivity index (χ3n) is 5.44. The third kappa shape index (κ3) is 3.90. The molecule has 0 fully saturated rings. The predicted octanol–water partition coefficient (Wildman–Crippen LogP) is 6.39. The smallest absolute Gasteiger partial charge is 0.369 e. The molecule has 0 spiro atoms. The Morgan fingerprint density at radius 3 is 1.62 bits per heavy atom. The molecule has 0 unspecified atom stereocenters. The largest absolute Gasteiger partial charge is 0.430 e. The molecule has 0 aliphatic rings. The molecular formula is C21H19F7O. The molecular weight excluding hydrogens is 401 g/mol. The van der Waals surface area contributed by atoms with Gasteiger partial charge in [-0.1, -0.05) is 56.3 Å². The minimum absolute atomic E-state index is 0.423. The van der Waals surface area contributed by atoms with E-state index in [0.29, 0.717) is 23.3 Å². The van der Waals surface area contributed by atoms with Gasteiger partial charge in [0.25, 0.3) is 5.60 Å². The number of allylic oxidation sites excluding steroid dienone is 1. The molecule has 2 aromatic rings. The molecule has 158 valence electrons. The minimum atomic E-state index is -5.94. The second-order valence-corrected chi connectivity index (χ2v) is 7.04. The zero-order valence-corrected chi connectivity index (χ0v) is 15.6. The van der Waals surface area contributed by atoms with Crippen LogP contribution in [0.5, 0.6) is 0 Å². The fourth-order valence-corrected chi connectivity index (χ4v) is 3.20. The van der Waals surface area contributed by atoms with Crippen LogP contribution in [0.3, 0.4) is 0 Å². The van der Waals surface area contributed by atoms with Gasteiger partial charge >= 0.3 is 12.4 Å². The summed E-state index contributed by atoms with van der Waals surface area (Å²) in [6.07, 6.45) is -10.3. The van der Waals surface area contributed by atoms with Gasteiger partial charge in [0.15, 0.2) is 0 Å². The first-order valence-corrected chi connectivity index (χ1v) is 8.54. The van der Waals surface area contributed by atoms with E-state index in [0.717, 1.165) is 12.1 Å². The maximum Gasteiger partial charge on any atom is 0.430 e. The molecule has 0 aliphatic carbocycles. The van der Waals surface area contributed by atoms with E-state index in [2.05, 4.69) is 6.58 Å². The van der Waals surface area contributed by atoms with E-state index in [-0.39, 0.29) is 0 Å². The van der Waals surface area contributed by atoms with Gasteiger partial charge in [-0.25, -0.2) is 4.39 Å². The summed E-state index contributed by atoms with van der Waals surface area (Å²) in [6.45, 7) is 7.26. The van der Waals surface area contributed by atoms with Gasteiger partial charge in [0.1, 0.15) is 5.82 Å². The first kappa shape index (κ1) is 22.9. The highest BCUT2D eigenvalue weighted by molar-refractivity contribution is 5.39. The second kappa shape index (κ2) is 7.48. The van der Waals surface area contributed by atoms with E-state index in [1.165, 1.54) is 24.3 Å². The maximum atomic E-state index is 13.2. The lowest BCUT2D eigenvalue weighted by molar-refractivity contribution is -0.376. The van der Waals surface area contributed by atoms with Crippen LogP contribution in [0, 0.1) is 5.82 Å². The van der Waals surface area contributed by atoms with Crippen molar-refractivity contribution in [2.24, 2.45) is 0 Å². The van der Waals surface area contributed by atoms with Crippen molar-refractivity contribution in [1.82, 2.24) is 0 Å². The number of hydrogen-bond donors (Lipinski definition) is 1. The highest BCUT2D eigenvalue weighted by Crippen LogP contribution is 2.50. The number of alkyl halides is 6. The molecule has 0 radical (unpaired) electrons. The molecule has 2 rings (SSSR count). The Hall–Kier alpha value is -2.35. The molecule has 1 N–H and O–H groups in total. The van der Waals surface area contributed by atoms with Crippen molar-refractivity contribution < 1.29 is 35.8 Å². The first-order valence-electron chi connectivity index (χ1n) is 8.54. The highest BCUT2D eigenvalue weighted by atomic mass is 19.4. The van der Waals surface area contributed by atoms with Crippen molar-refractivity contribution in [3.05, 3.63) is 83.7 Å². The van der Waals surface area contributed by atoms with Crippen LogP contribution in [-0.2, 0) is 11.0 Å². The Labute approximate surface area is 163 Å². The number of halogens is 7. The molecule has 0 saturated heterocycles. The molecule has 1 nitrogen and oxygen atoms in total. The van der Waals surface area contributed by atoms with Gasteiger partial charge in [-0.3, -0.25) is 0 Å². The number of rotatable bonds is 5. The topological polar surface area (TPSA) is 20.2 Å². The zero-order valence-electron chi connectivity index (χ0n) is 15.6. The van der Waals surface area contributed by atoms with Gasteiger partial charge in [-0.2, -0.15) is 26.3 Å². The van der Waals surface area contributed by atoms with Crippen LogP contribution < -0.4 is 0 Å². The Bertz CT molecular complexity index is 837. The van der Waals surface area contributed by atoms with Crippen molar-refractivity contribution in [2.45, 2.75) is 43.1 Å². The molecule has 0 bridgehead atoms. The average molecular weight is 420 g/mol. The number of hydrogen-bond acceptors (Lipinski definition) is 1. The normalized spacial score (nSPS) is 16.2. The summed E-state index contributed by atoms with van der Waals surface area (Å²) in [5.74, 6) is -0.875. The third-order valence-corrected chi connectivity index (χ3v) is 5.44. The SMILES string of the molecule is C=C[C@@](C)(c1ccc(F)cc1)[C@@H](C)c1ccc(C(O)(C(F)(F)F)C(F)(F)F)cc1. The Morgan fingerprint density at radius 1 is 0.828 bits per heavy atom. The van der Waals surface area contributed by atoms with Crippen molar-refractivity contribution in [1.29, 1.82) is 0 Å². The van der Waals surface area contributed by atoms with Gasteiger partial charge in [0.05, 0.1) is 0 Å². The van der Waals surface area contributed by atoms with Crippen LogP contribution in [0.25, 0.3) is 0 Å². The quantitative estimate of drug-likeness (QED) is 0.439. The summed E-state index contributed by atoms with van der Waals surface area (Å²) < 4.78 is 91.4. The van der Waals surface area contributed by atoms with Crippen LogP contribution >= 0.6 is 0 Å². The lowest BCUT2D eigenvalue weighted by atomic mass is 9.70. The summed E-state index contributed by atoms with van der Waals surface area (Å²) in [4.78, 5) is 0. The van der Waals surface area contributed by atoms with E-state index >= 15 is 0 Å². The van der Waals surface area contributed by atoms with Crippen LogP contribution in [0.1, 0.15) is 36.5 Å².